The van der Waals surface area contributed by atoms with Crippen LogP contribution in [0.1, 0.15) is 37.3 Å². The molecular formula is C13H18BrNO. The Kier molecular flexibility index (Phi) is 3.87. The summed E-state index contributed by atoms with van der Waals surface area (Å²) in [4.78, 5) is 0. The van der Waals surface area contributed by atoms with Gasteiger partial charge in [-0.1, -0.05) is 25.3 Å². The average Bonchev–Trinajstić information content (AvgIpc) is 2.23. The lowest BCUT2D eigenvalue weighted by atomic mass is 9.80. The van der Waals surface area contributed by atoms with Crippen molar-refractivity contribution in [2.45, 2.75) is 31.7 Å². The van der Waals surface area contributed by atoms with Gasteiger partial charge in [-0.15, -0.1) is 0 Å². The highest BCUT2D eigenvalue weighted by molar-refractivity contribution is 9.10. The standard InChI is InChI=1S/C13H18BrNO/c1-16-13-6-5-10(8-11(13)14)12(15)7-9-3-2-4-9/h5-6,8-9,12H,2-4,7,15H2,1H3. The van der Waals surface area contributed by atoms with E-state index in [-0.39, 0.29) is 6.04 Å². The highest BCUT2D eigenvalue weighted by atomic mass is 79.9. The average molecular weight is 284 g/mol. The lowest BCUT2D eigenvalue weighted by Gasteiger charge is -2.28. The molecule has 0 amide bonds. The number of methoxy groups -OCH3 is 1. The van der Waals surface area contributed by atoms with Crippen LogP contribution in [0.25, 0.3) is 0 Å². The summed E-state index contributed by atoms with van der Waals surface area (Å²) in [6.45, 7) is 0. The van der Waals surface area contributed by atoms with Crippen molar-refractivity contribution >= 4 is 15.9 Å². The summed E-state index contributed by atoms with van der Waals surface area (Å²) in [6, 6.07) is 6.27. The molecule has 2 N–H and O–H groups in total. The second-order valence-corrected chi connectivity index (χ2v) is 5.39. The number of halogens is 1. The fourth-order valence-electron chi connectivity index (χ4n) is 2.14. The Morgan fingerprint density at radius 3 is 2.75 bits per heavy atom. The van der Waals surface area contributed by atoms with E-state index in [2.05, 4.69) is 28.1 Å². The molecule has 2 rings (SSSR count). The van der Waals surface area contributed by atoms with E-state index in [4.69, 9.17) is 10.5 Å². The molecule has 1 unspecified atom stereocenters. The van der Waals surface area contributed by atoms with Gasteiger partial charge in [-0.3, -0.25) is 0 Å². The Balaban J connectivity index is 2.04. The second kappa shape index (κ2) is 5.19. The van der Waals surface area contributed by atoms with Crippen LogP contribution in [-0.2, 0) is 0 Å². The third-order valence-electron chi connectivity index (χ3n) is 3.42. The van der Waals surface area contributed by atoms with E-state index >= 15 is 0 Å². The van der Waals surface area contributed by atoms with E-state index in [0.29, 0.717) is 0 Å². The maximum absolute atomic E-state index is 6.20. The SMILES string of the molecule is COc1ccc(C(N)CC2CCC2)cc1Br. The van der Waals surface area contributed by atoms with Gasteiger partial charge in [0.2, 0.25) is 0 Å². The third kappa shape index (κ3) is 2.58. The van der Waals surface area contributed by atoms with Crippen LogP contribution in [0.3, 0.4) is 0 Å². The summed E-state index contributed by atoms with van der Waals surface area (Å²) >= 11 is 3.49. The maximum atomic E-state index is 6.20. The van der Waals surface area contributed by atoms with Crippen LogP contribution in [0.4, 0.5) is 0 Å². The van der Waals surface area contributed by atoms with E-state index in [1.54, 1.807) is 7.11 Å². The highest BCUT2D eigenvalue weighted by Crippen LogP contribution is 2.35. The molecule has 0 saturated heterocycles. The molecule has 0 aromatic heterocycles. The summed E-state index contributed by atoms with van der Waals surface area (Å²) in [6.07, 6.45) is 5.19. The number of rotatable bonds is 4. The first-order chi connectivity index (χ1) is 7.70. The molecule has 0 spiro atoms. The minimum Gasteiger partial charge on any atom is -0.496 e. The Morgan fingerprint density at radius 1 is 1.50 bits per heavy atom. The molecular weight excluding hydrogens is 266 g/mol. The van der Waals surface area contributed by atoms with Gasteiger partial charge in [-0.2, -0.15) is 0 Å². The molecule has 16 heavy (non-hydrogen) atoms. The summed E-state index contributed by atoms with van der Waals surface area (Å²) < 4.78 is 6.19. The van der Waals surface area contributed by atoms with Crippen molar-refractivity contribution in [3.05, 3.63) is 28.2 Å². The Labute approximate surface area is 105 Å². The lowest BCUT2D eigenvalue weighted by Crippen LogP contribution is -2.20. The predicted molar refractivity (Wildman–Crippen MR) is 69.6 cm³/mol. The summed E-state index contributed by atoms with van der Waals surface area (Å²) in [5.74, 6) is 1.70. The first-order valence-electron chi connectivity index (χ1n) is 5.79. The van der Waals surface area contributed by atoms with Gasteiger partial charge >= 0.3 is 0 Å². The zero-order valence-electron chi connectivity index (χ0n) is 9.58. The number of nitrogens with two attached hydrogens (primary N) is 1. The normalized spacial score (nSPS) is 17.9. The quantitative estimate of drug-likeness (QED) is 0.916. The van der Waals surface area contributed by atoms with Crippen molar-refractivity contribution < 1.29 is 4.74 Å². The fraction of sp³-hybridized carbons (Fsp3) is 0.538. The molecule has 1 atom stereocenters. The summed E-state index contributed by atoms with van der Waals surface area (Å²) in [5, 5.41) is 0. The van der Waals surface area contributed by atoms with Crippen molar-refractivity contribution in [3.63, 3.8) is 0 Å². The summed E-state index contributed by atoms with van der Waals surface area (Å²) in [5.41, 5.74) is 7.40. The molecule has 1 aromatic carbocycles. The molecule has 0 radical (unpaired) electrons. The maximum Gasteiger partial charge on any atom is 0.133 e. The topological polar surface area (TPSA) is 35.2 Å². The van der Waals surface area contributed by atoms with Crippen LogP contribution < -0.4 is 10.5 Å². The predicted octanol–water partition coefficient (Wildman–Crippen LogP) is 3.65. The minimum atomic E-state index is 0.160. The molecule has 0 aliphatic heterocycles. The molecule has 1 aliphatic rings. The van der Waals surface area contributed by atoms with Crippen LogP contribution in [0.5, 0.6) is 5.75 Å². The molecule has 1 aromatic rings. The monoisotopic (exact) mass is 283 g/mol. The smallest absolute Gasteiger partial charge is 0.133 e. The van der Waals surface area contributed by atoms with Gasteiger partial charge in [0.05, 0.1) is 11.6 Å². The first kappa shape index (κ1) is 11.9. The third-order valence-corrected chi connectivity index (χ3v) is 4.04. The van der Waals surface area contributed by atoms with Crippen molar-refractivity contribution in [2.24, 2.45) is 11.7 Å². The van der Waals surface area contributed by atoms with Crippen LogP contribution in [0.2, 0.25) is 0 Å². The number of ether oxygens (including phenoxy) is 1. The van der Waals surface area contributed by atoms with Crippen molar-refractivity contribution in [2.75, 3.05) is 7.11 Å². The van der Waals surface area contributed by atoms with Crippen LogP contribution in [0.15, 0.2) is 22.7 Å². The molecule has 2 nitrogen and oxygen atoms in total. The van der Waals surface area contributed by atoms with Gasteiger partial charge in [0.1, 0.15) is 5.75 Å². The number of hydrogen-bond acceptors (Lipinski definition) is 2. The van der Waals surface area contributed by atoms with Crippen LogP contribution >= 0.6 is 15.9 Å². The van der Waals surface area contributed by atoms with Gasteiger partial charge in [0.25, 0.3) is 0 Å². The van der Waals surface area contributed by atoms with E-state index in [1.807, 2.05) is 6.07 Å². The van der Waals surface area contributed by atoms with Crippen molar-refractivity contribution in [1.82, 2.24) is 0 Å². The lowest BCUT2D eigenvalue weighted by molar-refractivity contribution is 0.277. The molecule has 3 heteroatoms. The van der Waals surface area contributed by atoms with Gasteiger partial charge in [-0.25, -0.2) is 0 Å². The molecule has 1 aliphatic carbocycles. The fourth-order valence-corrected chi connectivity index (χ4v) is 2.70. The van der Waals surface area contributed by atoms with Gasteiger partial charge in [0, 0.05) is 6.04 Å². The van der Waals surface area contributed by atoms with Crippen LogP contribution in [0, 0.1) is 5.92 Å². The molecule has 88 valence electrons. The molecule has 1 saturated carbocycles. The van der Waals surface area contributed by atoms with E-state index < -0.39 is 0 Å². The number of hydrogen-bond donors (Lipinski definition) is 1. The van der Waals surface area contributed by atoms with Gasteiger partial charge in [0.15, 0.2) is 0 Å². The van der Waals surface area contributed by atoms with Gasteiger partial charge < -0.3 is 10.5 Å². The summed E-state index contributed by atoms with van der Waals surface area (Å²) in [7, 11) is 1.67. The molecule has 0 bridgehead atoms. The zero-order valence-corrected chi connectivity index (χ0v) is 11.2. The first-order valence-corrected chi connectivity index (χ1v) is 6.59. The largest absolute Gasteiger partial charge is 0.496 e. The van der Waals surface area contributed by atoms with Crippen molar-refractivity contribution in [3.8, 4) is 5.75 Å². The number of benzene rings is 1. The molecule has 1 fully saturated rings. The van der Waals surface area contributed by atoms with Gasteiger partial charge in [-0.05, 0) is 46.0 Å². The Morgan fingerprint density at radius 2 is 2.25 bits per heavy atom. The Hall–Kier alpha value is -0.540. The van der Waals surface area contributed by atoms with E-state index in [1.165, 1.54) is 24.8 Å². The minimum absolute atomic E-state index is 0.160. The second-order valence-electron chi connectivity index (χ2n) is 4.53. The van der Waals surface area contributed by atoms with E-state index in [9.17, 15) is 0 Å². The zero-order chi connectivity index (χ0) is 11.5. The highest BCUT2D eigenvalue weighted by Gasteiger charge is 2.21. The van der Waals surface area contributed by atoms with Crippen molar-refractivity contribution in [1.29, 1.82) is 0 Å². The van der Waals surface area contributed by atoms with Crippen LogP contribution in [-0.4, -0.2) is 7.11 Å². The molecule has 0 heterocycles. The van der Waals surface area contributed by atoms with E-state index in [0.717, 1.165) is 22.6 Å². The Bertz CT molecular complexity index is 363.